The summed E-state index contributed by atoms with van der Waals surface area (Å²) in [6, 6.07) is 6.50. The van der Waals surface area contributed by atoms with Gasteiger partial charge in [0.05, 0.1) is 19.4 Å². The van der Waals surface area contributed by atoms with Crippen molar-refractivity contribution in [1.82, 2.24) is 0 Å². The highest BCUT2D eigenvalue weighted by Crippen LogP contribution is 2.25. The van der Waals surface area contributed by atoms with Gasteiger partial charge in [0.25, 0.3) is 0 Å². The molecule has 2 unspecified atom stereocenters. The molecule has 18 heavy (non-hydrogen) atoms. The van der Waals surface area contributed by atoms with Crippen LogP contribution in [0.3, 0.4) is 0 Å². The van der Waals surface area contributed by atoms with Crippen LogP contribution in [0.2, 0.25) is 0 Å². The van der Waals surface area contributed by atoms with Gasteiger partial charge < -0.3 is 19.9 Å². The van der Waals surface area contributed by atoms with E-state index in [1.807, 2.05) is 19.1 Å². The van der Waals surface area contributed by atoms with Gasteiger partial charge >= 0.3 is 5.97 Å². The average molecular weight is 253 g/mol. The third kappa shape index (κ3) is 3.63. The molecule has 5 heteroatoms. The van der Waals surface area contributed by atoms with Crippen LogP contribution in [0.5, 0.6) is 5.75 Å². The van der Waals surface area contributed by atoms with Crippen molar-refractivity contribution in [2.75, 3.05) is 26.1 Å². The Hall–Kier alpha value is -1.75. The number of methoxy groups -OCH3 is 2. The van der Waals surface area contributed by atoms with Crippen molar-refractivity contribution in [1.29, 1.82) is 0 Å². The second kappa shape index (κ2) is 6.86. The Kier molecular flexibility index (Phi) is 5.45. The molecule has 0 heterocycles. The number of carboxylic acids is 1. The quantitative estimate of drug-likeness (QED) is 0.776. The van der Waals surface area contributed by atoms with Crippen LogP contribution in [-0.4, -0.2) is 37.9 Å². The van der Waals surface area contributed by atoms with Crippen molar-refractivity contribution in [3.05, 3.63) is 24.3 Å². The number of nitrogens with one attached hydrogen (secondary N) is 1. The molecular weight excluding hydrogens is 234 g/mol. The lowest BCUT2D eigenvalue weighted by Gasteiger charge is -2.22. The zero-order valence-electron chi connectivity index (χ0n) is 10.8. The van der Waals surface area contributed by atoms with E-state index in [0.717, 1.165) is 0 Å². The van der Waals surface area contributed by atoms with Gasteiger partial charge in [-0.2, -0.15) is 0 Å². The van der Waals surface area contributed by atoms with Crippen LogP contribution in [0, 0.1) is 5.92 Å². The highest BCUT2D eigenvalue weighted by molar-refractivity contribution is 5.78. The molecule has 100 valence electrons. The number of carbonyl (C=O) groups is 1. The summed E-state index contributed by atoms with van der Waals surface area (Å²) in [5.41, 5.74) is 0.662. The molecule has 0 saturated heterocycles. The first-order valence-electron chi connectivity index (χ1n) is 5.71. The fourth-order valence-corrected chi connectivity index (χ4v) is 1.74. The molecule has 1 aromatic rings. The van der Waals surface area contributed by atoms with E-state index in [1.165, 1.54) is 0 Å². The molecule has 0 bridgehead atoms. The number of anilines is 1. The number of para-hydroxylation sites is 2. The minimum absolute atomic E-state index is 0.155. The molecule has 0 amide bonds. The molecule has 0 radical (unpaired) electrons. The van der Waals surface area contributed by atoms with E-state index in [9.17, 15) is 9.90 Å². The number of hydrogen-bond donors (Lipinski definition) is 2. The number of aliphatic carboxylic acids is 1. The Bertz CT molecular complexity index is 394. The first-order valence-corrected chi connectivity index (χ1v) is 5.71. The Morgan fingerprint density at radius 1 is 1.39 bits per heavy atom. The Morgan fingerprint density at radius 3 is 2.61 bits per heavy atom. The summed E-state index contributed by atoms with van der Waals surface area (Å²) in [4.78, 5) is 11.3. The fourth-order valence-electron chi connectivity index (χ4n) is 1.74. The number of rotatable bonds is 7. The lowest BCUT2D eigenvalue weighted by atomic mass is 10.0. The van der Waals surface area contributed by atoms with Gasteiger partial charge in [0, 0.05) is 13.0 Å². The molecule has 2 N–H and O–H groups in total. The third-order valence-electron chi connectivity index (χ3n) is 2.68. The summed E-state index contributed by atoms with van der Waals surface area (Å²) in [5, 5.41) is 12.2. The maximum Gasteiger partial charge on any atom is 0.326 e. The van der Waals surface area contributed by atoms with Gasteiger partial charge in [-0.3, -0.25) is 0 Å². The van der Waals surface area contributed by atoms with E-state index in [1.54, 1.807) is 26.4 Å². The third-order valence-corrected chi connectivity index (χ3v) is 2.68. The van der Waals surface area contributed by atoms with Gasteiger partial charge in [-0.25, -0.2) is 4.79 Å². The topological polar surface area (TPSA) is 67.8 Å². The van der Waals surface area contributed by atoms with Crippen molar-refractivity contribution < 1.29 is 19.4 Å². The predicted molar refractivity (Wildman–Crippen MR) is 69.1 cm³/mol. The van der Waals surface area contributed by atoms with Gasteiger partial charge in [-0.1, -0.05) is 19.1 Å². The van der Waals surface area contributed by atoms with E-state index in [2.05, 4.69) is 5.32 Å². The molecule has 1 aromatic carbocycles. The fraction of sp³-hybridized carbons (Fsp3) is 0.462. The summed E-state index contributed by atoms with van der Waals surface area (Å²) in [7, 11) is 3.10. The van der Waals surface area contributed by atoms with Crippen LogP contribution in [0.4, 0.5) is 5.69 Å². The van der Waals surface area contributed by atoms with Crippen LogP contribution in [0.15, 0.2) is 24.3 Å². The first-order chi connectivity index (χ1) is 8.60. The zero-order chi connectivity index (χ0) is 13.5. The number of carboxylic acid groups (broad SMARTS) is 1. The number of hydrogen-bond acceptors (Lipinski definition) is 4. The maximum atomic E-state index is 11.3. The molecule has 0 fully saturated rings. The zero-order valence-corrected chi connectivity index (χ0v) is 10.8. The molecule has 0 aromatic heterocycles. The summed E-state index contributed by atoms with van der Waals surface area (Å²) in [6.07, 6.45) is 0. The van der Waals surface area contributed by atoms with Gasteiger partial charge in [0.2, 0.25) is 0 Å². The largest absolute Gasteiger partial charge is 0.495 e. The van der Waals surface area contributed by atoms with Crippen molar-refractivity contribution in [3.8, 4) is 5.75 Å². The standard InChI is InChI=1S/C13H19NO4/c1-9(8-17-2)12(13(15)16)14-10-6-4-5-7-11(10)18-3/h4-7,9,12,14H,8H2,1-3H3,(H,15,16). The lowest BCUT2D eigenvalue weighted by Crippen LogP contribution is -2.37. The van der Waals surface area contributed by atoms with E-state index >= 15 is 0 Å². The SMILES string of the molecule is COCC(C)C(Nc1ccccc1OC)C(=O)O. The molecule has 0 spiro atoms. The number of benzene rings is 1. The number of ether oxygens (including phenoxy) is 2. The molecule has 2 atom stereocenters. The van der Waals surface area contributed by atoms with Crippen LogP contribution in [-0.2, 0) is 9.53 Å². The Labute approximate surface area is 107 Å². The summed E-state index contributed by atoms with van der Waals surface area (Å²) in [6.45, 7) is 2.20. The van der Waals surface area contributed by atoms with Crippen molar-refractivity contribution in [2.24, 2.45) is 5.92 Å². The van der Waals surface area contributed by atoms with Gasteiger partial charge in [0.15, 0.2) is 0 Å². The maximum absolute atomic E-state index is 11.3. The second-order valence-electron chi connectivity index (χ2n) is 4.09. The van der Waals surface area contributed by atoms with E-state index < -0.39 is 12.0 Å². The normalized spacial score (nSPS) is 13.7. The van der Waals surface area contributed by atoms with Crippen molar-refractivity contribution >= 4 is 11.7 Å². The Morgan fingerprint density at radius 2 is 2.06 bits per heavy atom. The molecular formula is C13H19NO4. The van der Waals surface area contributed by atoms with Crippen molar-refractivity contribution in [2.45, 2.75) is 13.0 Å². The molecule has 1 rings (SSSR count). The minimum Gasteiger partial charge on any atom is -0.495 e. The second-order valence-corrected chi connectivity index (χ2v) is 4.09. The van der Waals surface area contributed by atoms with Crippen LogP contribution < -0.4 is 10.1 Å². The monoisotopic (exact) mass is 253 g/mol. The molecule has 0 aliphatic carbocycles. The first kappa shape index (κ1) is 14.3. The smallest absolute Gasteiger partial charge is 0.326 e. The van der Waals surface area contributed by atoms with E-state index in [-0.39, 0.29) is 5.92 Å². The predicted octanol–water partition coefficient (Wildman–Crippen LogP) is 1.84. The molecule has 0 saturated carbocycles. The highest BCUT2D eigenvalue weighted by Gasteiger charge is 2.25. The molecule has 0 aliphatic rings. The molecule has 5 nitrogen and oxygen atoms in total. The summed E-state index contributed by atoms with van der Waals surface area (Å²) < 4.78 is 10.2. The van der Waals surface area contributed by atoms with Gasteiger partial charge in [0.1, 0.15) is 11.8 Å². The van der Waals surface area contributed by atoms with Crippen LogP contribution in [0.25, 0.3) is 0 Å². The van der Waals surface area contributed by atoms with E-state index in [0.29, 0.717) is 18.0 Å². The van der Waals surface area contributed by atoms with Gasteiger partial charge in [-0.15, -0.1) is 0 Å². The van der Waals surface area contributed by atoms with Crippen molar-refractivity contribution in [3.63, 3.8) is 0 Å². The summed E-state index contributed by atoms with van der Waals surface area (Å²) >= 11 is 0. The average Bonchev–Trinajstić information content (AvgIpc) is 2.36. The van der Waals surface area contributed by atoms with Gasteiger partial charge in [-0.05, 0) is 12.1 Å². The summed E-state index contributed by atoms with van der Waals surface area (Å²) in [5.74, 6) is -0.448. The van der Waals surface area contributed by atoms with Crippen LogP contribution in [0.1, 0.15) is 6.92 Å². The van der Waals surface area contributed by atoms with E-state index in [4.69, 9.17) is 9.47 Å². The highest BCUT2D eigenvalue weighted by atomic mass is 16.5. The lowest BCUT2D eigenvalue weighted by molar-refractivity contribution is -0.139. The Balaban J connectivity index is 2.86. The molecule has 0 aliphatic heterocycles. The minimum atomic E-state index is -0.912. The van der Waals surface area contributed by atoms with Crippen LogP contribution >= 0.6 is 0 Å².